The number of benzene rings is 1. The highest BCUT2D eigenvalue weighted by Crippen LogP contribution is 2.31. The molecule has 0 radical (unpaired) electrons. The first kappa shape index (κ1) is 19.4. The maximum absolute atomic E-state index is 12.4. The van der Waals surface area contributed by atoms with Crippen molar-refractivity contribution in [3.05, 3.63) is 36.2 Å². The second-order valence-corrected chi connectivity index (χ2v) is 8.44. The number of sulfonamides is 1. The maximum atomic E-state index is 12.4. The summed E-state index contributed by atoms with van der Waals surface area (Å²) >= 11 is 0. The van der Waals surface area contributed by atoms with Gasteiger partial charge >= 0.3 is 0 Å². The molecule has 8 nitrogen and oxygen atoms in total. The van der Waals surface area contributed by atoms with Gasteiger partial charge in [0.25, 0.3) is 10.0 Å². The standard InChI is InChI=1S/C18H26N6O2S/c1-3-14-6-4-5-11-24(14)18-16(19)17(20-12-21-18)22-23-27(25,26)15-9-7-13(2)8-10-15/h7-10,12,14,23H,3-6,11,19H2,1-2H3,(H,20,21,22). The number of nitrogen functional groups attached to an aromatic ring is 1. The molecule has 0 saturated carbocycles. The lowest BCUT2D eigenvalue weighted by molar-refractivity contribution is 0.447. The number of anilines is 3. The zero-order chi connectivity index (χ0) is 19.4. The van der Waals surface area contributed by atoms with Crippen molar-refractivity contribution in [3.8, 4) is 0 Å². The van der Waals surface area contributed by atoms with E-state index >= 15 is 0 Å². The summed E-state index contributed by atoms with van der Waals surface area (Å²) < 4.78 is 24.9. The van der Waals surface area contributed by atoms with Gasteiger partial charge in [-0.05, 0) is 44.7 Å². The van der Waals surface area contributed by atoms with Crippen LogP contribution in [-0.2, 0) is 10.0 Å². The van der Waals surface area contributed by atoms with E-state index < -0.39 is 10.0 Å². The van der Waals surface area contributed by atoms with Crippen molar-refractivity contribution in [2.45, 2.75) is 50.5 Å². The number of hydrogen-bond donors (Lipinski definition) is 3. The minimum atomic E-state index is -3.74. The minimum absolute atomic E-state index is 0.163. The molecule has 0 aliphatic carbocycles. The fraction of sp³-hybridized carbons (Fsp3) is 0.444. The molecule has 0 bridgehead atoms. The van der Waals surface area contributed by atoms with E-state index in [0.29, 0.717) is 17.5 Å². The minimum Gasteiger partial charge on any atom is -0.393 e. The number of hydrazine groups is 1. The van der Waals surface area contributed by atoms with Crippen LogP contribution in [0, 0.1) is 6.92 Å². The lowest BCUT2D eigenvalue weighted by Gasteiger charge is -2.36. The molecule has 1 aromatic carbocycles. The lowest BCUT2D eigenvalue weighted by atomic mass is 10.00. The van der Waals surface area contributed by atoms with E-state index in [4.69, 9.17) is 5.73 Å². The molecule has 1 aliphatic rings. The van der Waals surface area contributed by atoms with Gasteiger partial charge in [-0.3, -0.25) is 5.43 Å². The molecule has 1 fully saturated rings. The van der Waals surface area contributed by atoms with Gasteiger partial charge in [-0.25, -0.2) is 18.4 Å². The molecule has 2 aromatic rings. The Morgan fingerprint density at radius 3 is 2.67 bits per heavy atom. The molecule has 0 amide bonds. The molecule has 0 spiro atoms. The molecular weight excluding hydrogens is 364 g/mol. The van der Waals surface area contributed by atoms with Gasteiger partial charge in [-0.15, -0.1) is 4.83 Å². The summed E-state index contributed by atoms with van der Waals surface area (Å²) in [5.74, 6) is 0.893. The first-order chi connectivity index (χ1) is 12.9. The number of rotatable bonds is 6. The van der Waals surface area contributed by atoms with Crippen molar-refractivity contribution in [2.24, 2.45) is 0 Å². The van der Waals surface area contributed by atoms with Crippen LogP contribution in [0.4, 0.5) is 17.3 Å². The molecule has 146 valence electrons. The monoisotopic (exact) mass is 390 g/mol. The first-order valence-electron chi connectivity index (χ1n) is 9.14. The number of aryl methyl sites for hydroxylation is 1. The third kappa shape index (κ3) is 4.30. The van der Waals surface area contributed by atoms with Crippen LogP contribution in [0.3, 0.4) is 0 Å². The average Bonchev–Trinajstić information content (AvgIpc) is 2.67. The Hall–Kier alpha value is -2.39. The predicted molar refractivity (Wildman–Crippen MR) is 107 cm³/mol. The lowest BCUT2D eigenvalue weighted by Crippen LogP contribution is -2.40. The Morgan fingerprint density at radius 1 is 1.22 bits per heavy atom. The second kappa shape index (κ2) is 8.10. The fourth-order valence-corrected chi connectivity index (χ4v) is 4.15. The summed E-state index contributed by atoms with van der Waals surface area (Å²) in [6.45, 7) is 4.93. The Kier molecular flexibility index (Phi) is 5.81. The van der Waals surface area contributed by atoms with Crippen molar-refractivity contribution >= 4 is 27.3 Å². The van der Waals surface area contributed by atoms with E-state index in [2.05, 4.69) is 32.0 Å². The molecule has 4 N–H and O–H groups in total. The number of piperidine rings is 1. The highest BCUT2D eigenvalue weighted by Gasteiger charge is 2.25. The zero-order valence-electron chi connectivity index (χ0n) is 15.6. The second-order valence-electron chi connectivity index (χ2n) is 6.75. The third-order valence-electron chi connectivity index (χ3n) is 4.87. The third-order valence-corrected chi connectivity index (χ3v) is 6.13. The molecule has 27 heavy (non-hydrogen) atoms. The molecular formula is C18H26N6O2S. The fourth-order valence-electron chi connectivity index (χ4n) is 3.31. The van der Waals surface area contributed by atoms with Crippen LogP contribution in [0.1, 0.15) is 38.2 Å². The number of nitrogens with two attached hydrogens (primary N) is 1. The van der Waals surface area contributed by atoms with Crippen LogP contribution in [0.25, 0.3) is 0 Å². The zero-order valence-corrected chi connectivity index (χ0v) is 16.5. The summed E-state index contributed by atoms with van der Waals surface area (Å²) in [6.07, 6.45) is 5.79. The molecule has 9 heteroatoms. The van der Waals surface area contributed by atoms with Gasteiger partial charge in [-0.1, -0.05) is 24.6 Å². The Balaban J connectivity index is 1.79. The maximum Gasteiger partial charge on any atom is 0.257 e. The predicted octanol–water partition coefficient (Wildman–Crippen LogP) is 2.44. The molecule has 1 atom stereocenters. The summed E-state index contributed by atoms with van der Waals surface area (Å²) in [4.78, 5) is 13.1. The van der Waals surface area contributed by atoms with Gasteiger partial charge < -0.3 is 10.6 Å². The quantitative estimate of drug-likeness (QED) is 0.649. The van der Waals surface area contributed by atoms with Gasteiger partial charge in [0.05, 0.1) is 4.90 Å². The number of nitrogens with zero attached hydrogens (tertiary/aromatic N) is 3. The number of aromatic nitrogens is 2. The highest BCUT2D eigenvalue weighted by atomic mass is 32.2. The molecule has 1 aromatic heterocycles. The molecule has 1 aliphatic heterocycles. The highest BCUT2D eigenvalue weighted by molar-refractivity contribution is 7.89. The van der Waals surface area contributed by atoms with Gasteiger partial charge in [0.15, 0.2) is 11.6 Å². The van der Waals surface area contributed by atoms with Crippen LogP contribution in [-0.4, -0.2) is 31.0 Å². The van der Waals surface area contributed by atoms with Gasteiger partial charge in [-0.2, -0.15) is 0 Å². The average molecular weight is 391 g/mol. The molecule has 1 unspecified atom stereocenters. The van der Waals surface area contributed by atoms with Gasteiger partial charge in [0.1, 0.15) is 12.0 Å². The summed E-state index contributed by atoms with van der Waals surface area (Å²) in [5.41, 5.74) is 10.2. The van der Waals surface area contributed by atoms with Crippen LogP contribution < -0.4 is 20.9 Å². The first-order valence-corrected chi connectivity index (χ1v) is 10.6. The smallest absolute Gasteiger partial charge is 0.257 e. The largest absolute Gasteiger partial charge is 0.393 e. The normalized spacial score (nSPS) is 17.7. The van der Waals surface area contributed by atoms with E-state index in [1.54, 1.807) is 24.3 Å². The van der Waals surface area contributed by atoms with Crippen molar-refractivity contribution in [1.29, 1.82) is 0 Å². The van der Waals surface area contributed by atoms with E-state index in [9.17, 15) is 8.42 Å². The van der Waals surface area contributed by atoms with Crippen molar-refractivity contribution < 1.29 is 8.42 Å². The van der Waals surface area contributed by atoms with Crippen LogP contribution >= 0.6 is 0 Å². The van der Waals surface area contributed by atoms with Crippen molar-refractivity contribution in [3.63, 3.8) is 0 Å². The Labute approximate surface area is 160 Å². The Morgan fingerprint density at radius 2 is 1.96 bits per heavy atom. The van der Waals surface area contributed by atoms with Crippen molar-refractivity contribution in [2.75, 3.05) is 22.6 Å². The summed E-state index contributed by atoms with van der Waals surface area (Å²) in [7, 11) is -3.74. The van der Waals surface area contributed by atoms with Gasteiger partial charge in [0.2, 0.25) is 0 Å². The molecule has 1 saturated heterocycles. The SMILES string of the molecule is CCC1CCCCN1c1ncnc(NNS(=O)(=O)c2ccc(C)cc2)c1N. The van der Waals surface area contributed by atoms with E-state index in [1.807, 2.05) is 6.92 Å². The van der Waals surface area contributed by atoms with Crippen LogP contribution in [0.2, 0.25) is 0 Å². The van der Waals surface area contributed by atoms with E-state index in [1.165, 1.54) is 12.7 Å². The van der Waals surface area contributed by atoms with E-state index in [0.717, 1.165) is 31.4 Å². The van der Waals surface area contributed by atoms with Gasteiger partial charge in [0, 0.05) is 12.6 Å². The van der Waals surface area contributed by atoms with Crippen LogP contribution in [0.15, 0.2) is 35.5 Å². The summed E-state index contributed by atoms with van der Waals surface area (Å²) in [6, 6.07) is 6.97. The Bertz CT molecular complexity index is 885. The summed E-state index contributed by atoms with van der Waals surface area (Å²) in [5, 5.41) is 0. The molecule has 3 rings (SSSR count). The van der Waals surface area contributed by atoms with Crippen LogP contribution in [0.5, 0.6) is 0 Å². The molecule has 2 heterocycles. The van der Waals surface area contributed by atoms with Crippen molar-refractivity contribution in [1.82, 2.24) is 14.8 Å². The number of nitrogens with one attached hydrogen (secondary N) is 2. The topological polar surface area (TPSA) is 113 Å². The van der Waals surface area contributed by atoms with E-state index in [-0.39, 0.29) is 10.7 Å². The number of hydrogen-bond acceptors (Lipinski definition) is 7.